The summed E-state index contributed by atoms with van der Waals surface area (Å²) in [6.45, 7) is 32.0. The van der Waals surface area contributed by atoms with E-state index in [-0.39, 0.29) is 40.4 Å². The molecule has 4 atom stereocenters. The molecule has 51 heavy (non-hydrogen) atoms. The second-order valence-electron chi connectivity index (χ2n) is 13.0. The molecule has 3 rings (SSSR count). The fourth-order valence-electron chi connectivity index (χ4n) is 5.64. The van der Waals surface area contributed by atoms with Gasteiger partial charge < -0.3 is 28.8 Å². The first kappa shape index (κ1) is 46.4. The van der Waals surface area contributed by atoms with E-state index < -0.39 is 23.9 Å². The van der Waals surface area contributed by atoms with Gasteiger partial charge in [-0.25, -0.2) is 28.8 Å². The largest absolute Gasteiger partial charge is 0.478 e. The number of carboxylic acid groups (broad SMARTS) is 1. The van der Waals surface area contributed by atoms with Crippen LogP contribution >= 0.6 is 0 Å². The van der Waals surface area contributed by atoms with Gasteiger partial charge in [-0.1, -0.05) is 67.0 Å². The molecule has 0 aromatic carbocycles. The lowest BCUT2D eigenvalue weighted by Crippen LogP contribution is -2.35. The molecule has 12 nitrogen and oxygen atoms in total. The predicted molar refractivity (Wildman–Crippen MR) is 192 cm³/mol. The number of carbonyl (C=O) groups excluding carboxylic acids is 5. The monoisotopic (exact) mass is 716 g/mol. The molecule has 0 spiro atoms. The van der Waals surface area contributed by atoms with Gasteiger partial charge in [-0.15, -0.1) is 0 Å². The first-order chi connectivity index (χ1) is 23.8. The maximum Gasteiger partial charge on any atom is 0.345 e. The molecule has 0 aromatic heterocycles. The highest BCUT2D eigenvalue weighted by atomic mass is 16.6. The van der Waals surface area contributed by atoms with Crippen molar-refractivity contribution in [3.05, 3.63) is 73.6 Å². The number of rotatable bonds is 14. The van der Waals surface area contributed by atoms with Gasteiger partial charge in [-0.3, -0.25) is 0 Å². The number of unbranched alkanes of at least 4 members (excludes halogenated alkanes) is 1. The highest BCUT2D eigenvalue weighted by Gasteiger charge is 2.63. The average molecular weight is 717 g/mol. The number of carboxylic acids is 1. The zero-order valence-electron chi connectivity index (χ0n) is 31.3. The van der Waals surface area contributed by atoms with Crippen LogP contribution in [0.25, 0.3) is 0 Å². The van der Waals surface area contributed by atoms with Crippen molar-refractivity contribution < 1.29 is 57.6 Å². The Morgan fingerprint density at radius 2 is 1.43 bits per heavy atom. The molecular weight excluding hydrogens is 660 g/mol. The summed E-state index contributed by atoms with van der Waals surface area (Å²) in [6, 6.07) is 0. The molecule has 1 aliphatic heterocycles. The van der Waals surface area contributed by atoms with E-state index >= 15 is 0 Å². The van der Waals surface area contributed by atoms with Crippen LogP contribution in [0.4, 0.5) is 0 Å². The topological polar surface area (TPSA) is 172 Å². The summed E-state index contributed by atoms with van der Waals surface area (Å²) >= 11 is 0. The molecule has 12 heteroatoms. The SMILES string of the molecule is C=C(C)C(=O)OCC.C=CC(=O)O.C=CC(=O)OC(=O)C(C)=C(OC(=O)C(=C)CCCC)C1C[C@H]2CC[C@@]1(C)C2(C)C.C=CC(=O)OCC1CO1. The summed E-state index contributed by atoms with van der Waals surface area (Å²) in [5, 5.41) is 7.60. The van der Waals surface area contributed by atoms with Crippen molar-refractivity contribution in [1.82, 2.24) is 0 Å². The van der Waals surface area contributed by atoms with Gasteiger partial charge in [0.15, 0.2) is 0 Å². The van der Waals surface area contributed by atoms with Crippen LogP contribution in [0.5, 0.6) is 0 Å². The molecule has 2 saturated carbocycles. The molecule has 2 aliphatic carbocycles. The van der Waals surface area contributed by atoms with Gasteiger partial charge in [0.2, 0.25) is 0 Å². The summed E-state index contributed by atoms with van der Waals surface area (Å²) in [6.07, 6.45) is 8.37. The van der Waals surface area contributed by atoms with Crippen LogP contribution in [0.1, 0.15) is 87.0 Å². The minimum atomic E-state index is -0.981. The van der Waals surface area contributed by atoms with E-state index in [4.69, 9.17) is 19.3 Å². The summed E-state index contributed by atoms with van der Waals surface area (Å²) in [4.78, 5) is 66.8. The molecule has 0 radical (unpaired) electrons. The maximum absolute atomic E-state index is 12.7. The Hall–Kier alpha value is -4.58. The Morgan fingerprint density at radius 1 is 0.863 bits per heavy atom. The van der Waals surface area contributed by atoms with Crippen molar-refractivity contribution in [2.24, 2.45) is 22.7 Å². The van der Waals surface area contributed by atoms with Gasteiger partial charge in [-0.2, -0.15) is 0 Å². The highest BCUT2D eigenvalue weighted by molar-refractivity contribution is 5.99. The van der Waals surface area contributed by atoms with Gasteiger partial charge >= 0.3 is 35.8 Å². The molecule has 3 aliphatic rings. The Labute approximate surface area is 302 Å². The van der Waals surface area contributed by atoms with E-state index in [1.165, 1.54) is 0 Å². The normalized spacial score (nSPS) is 21.7. The first-order valence-corrected chi connectivity index (χ1v) is 16.9. The van der Waals surface area contributed by atoms with Crippen LogP contribution in [0, 0.1) is 22.7 Å². The summed E-state index contributed by atoms with van der Waals surface area (Å²) in [7, 11) is 0. The lowest BCUT2D eigenvalue weighted by atomic mass is 9.66. The number of esters is 5. The smallest absolute Gasteiger partial charge is 0.345 e. The number of ether oxygens (including phenoxy) is 5. The number of allylic oxidation sites excluding steroid dienone is 1. The highest BCUT2D eigenvalue weighted by Crippen LogP contribution is 2.69. The molecule has 1 N–H and O–H groups in total. The van der Waals surface area contributed by atoms with Gasteiger partial charge in [0, 0.05) is 35.3 Å². The molecular formula is C39H56O12. The Kier molecular flexibility index (Phi) is 20.3. The Morgan fingerprint density at radius 3 is 1.80 bits per heavy atom. The van der Waals surface area contributed by atoms with Gasteiger partial charge in [0.05, 0.1) is 18.8 Å². The van der Waals surface area contributed by atoms with Crippen molar-refractivity contribution in [2.75, 3.05) is 19.8 Å². The minimum absolute atomic E-state index is 0.0651. The van der Waals surface area contributed by atoms with E-state index in [0.29, 0.717) is 49.1 Å². The van der Waals surface area contributed by atoms with Crippen molar-refractivity contribution in [3.8, 4) is 0 Å². The molecule has 3 fully saturated rings. The third-order valence-corrected chi connectivity index (χ3v) is 9.25. The first-order valence-electron chi connectivity index (χ1n) is 16.9. The number of hydrogen-bond acceptors (Lipinski definition) is 11. The second-order valence-corrected chi connectivity index (χ2v) is 13.0. The number of hydrogen-bond donors (Lipinski definition) is 1. The Bertz CT molecular complexity index is 1360. The van der Waals surface area contributed by atoms with E-state index in [1.807, 2.05) is 6.92 Å². The number of fused-ring (bicyclic) bond motifs is 2. The maximum atomic E-state index is 12.7. The van der Waals surface area contributed by atoms with E-state index in [0.717, 1.165) is 50.3 Å². The van der Waals surface area contributed by atoms with Crippen LogP contribution in [0.3, 0.4) is 0 Å². The minimum Gasteiger partial charge on any atom is -0.478 e. The molecule has 284 valence electrons. The standard InChI is InChI=1S/C24H34O5.C6H8O3.C6H10O2.C3H4O2/c1-8-10-11-15(3)21(26)29-20(16(4)22(27)28-19(25)9-2)18-14-17-12-13-24(18,7)23(17,5)6;1-2-6(7)9-4-5-3-8-5;1-4-8-6(7)5(2)3;1-2-3(4)5/h9,17-18H,2-3,8,10-14H2,1,4-7H3;2,5H,1,3-4H2;2,4H2,1,3H3;2H,1H2,(H,4,5)/t17-,18?,24-;;;/m1.../s1. The number of epoxide rings is 1. The molecule has 2 unspecified atom stereocenters. The summed E-state index contributed by atoms with van der Waals surface area (Å²) in [5.41, 5.74) is 0.955. The third kappa shape index (κ3) is 15.1. The quantitative estimate of drug-likeness (QED) is 0.0500. The van der Waals surface area contributed by atoms with Crippen LogP contribution in [-0.4, -0.2) is 66.8 Å². The van der Waals surface area contributed by atoms with Crippen LogP contribution in [0.2, 0.25) is 0 Å². The second kappa shape index (κ2) is 22.3. The lowest BCUT2D eigenvalue weighted by molar-refractivity contribution is -0.153. The van der Waals surface area contributed by atoms with Crippen LogP contribution in [-0.2, 0) is 52.5 Å². The molecule has 0 amide bonds. The average Bonchev–Trinajstić information content (AvgIpc) is 3.87. The van der Waals surface area contributed by atoms with Gasteiger partial charge in [0.1, 0.15) is 18.5 Å². The van der Waals surface area contributed by atoms with Crippen LogP contribution in [0.15, 0.2) is 73.6 Å². The third-order valence-electron chi connectivity index (χ3n) is 9.25. The fourth-order valence-corrected chi connectivity index (χ4v) is 5.64. The summed E-state index contributed by atoms with van der Waals surface area (Å²) < 4.78 is 24.6. The van der Waals surface area contributed by atoms with Crippen molar-refractivity contribution in [3.63, 3.8) is 0 Å². The number of carbonyl (C=O) groups is 6. The van der Waals surface area contributed by atoms with Crippen LogP contribution < -0.4 is 0 Å². The van der Waals surface area contributed by atoms with Crippen molar-refractivity contribution in [1.29, 1.82) is 0 Å². The van der Waals surface area contributed by atoms with Gasteiger partial charge in [-0.05, 0) is 69.6 Å². The van der Waals surface area contributed by atoms with Crippen molar-refractivity contribution >= 4 is 35.8 Å². The predicted octanol–water partition coefficient (Wildman–Crippen LogP) is 6.77. The zero-order chi connectivity index (χ0) is 39.5. The van der Waals surface area contributed by atoms with E-state index in [9.17, 15) is 28.8 Å². The molecule has 1 saturated heterocycles. The lowest BCUT2D eigenvalue weighted by Gasteiger charge is -2.40. The zero-order valence-corrected chi connectivity index (χ0v) is 31.3. The van der Waals surface area contributed by atoms with Crippen molar-refractivity contribution in [2.45, 2.75) is 93.1 Å². The fraction of sp³-hybridized carbons (Fsp3) is 0.538. The Balaban J connectivity index is 0.000000914. The number of aliphatic carboxylic acids is 1. The van der Waals surface area contributed by atoms with Gasteiger partial charge in [0.25, 0.3) is 0 Å². The van der Waals surface area contributed by atoms with E-state index in [2.05, 4.69) is 63.1 Å². The van der Waals surface area contributed by atoms with E-state index in [1.54, 1.807) is 20.8 Å². The molecule has 1 heterocycles. The molecule has 2 bridgehead atoms. The molecule has 0 aromatic rings. The summed E-state index contributed by atoms with van der Waals surface area (Å²) in [5.74, 6) is -3.10.